The molecule has 3 aromatic rings. The molecule has 1 heterocycles. The summed E-state index contributed by atoms with van der Waals surface area (Å²) in [6.07, 6.45) is 4.92. The Kier molecular flexibility index (Phi) is 10.3. The molecule has 0 radical (unpaired) electrons. The van der Waals surface area contributed by atoms with E-state index in [9.17, 15) is 14.0 Å². The lowest BCUT2D eigenvalue weighted by Crippen LogP contribution is -2.28. The molecular formula is C33H37FN2O3. The molecule has 1 fully saturated rings. The van der Waals surface area contributed by atoms with Crippen molar-refractivity contribution in [3.05, 3.63) is 102 Å². The van der Waals surface area contributed by atoms with E-state index in [2.05, 4.69) is 17.1 Å². The third-order valence-corrected chi connectivity index (χ3v) is 6.89. The average molecular weight is 529 g/mol. The van der Waals surface area contributed by atoms with Crippen LogP contribution in [0, 0.1) is 5.82 Å². The highest BCUT2D eigenvalue weighted by atomic mass is 19.1. The van der Waals surface area contributed by atoms with Gasteiger partial charge in [0.25, 0.3) is 0 Å². The van der Waals surface area contributed by atoms with Crippen molar-refractivity contribution in [1.82, 2.24) is 4.90 Å². The highest BCUT2D eigenvalue weighted by molar-refractivity contribution is 6.03. The summed E-state index contributed by atoms with van der Waals surface area (Å²) in [5.41, 5.74) is 4.36. The quantitative estimate of drug-likeness (QED) is 0.198. The Labute approximate surface area is 230 Å². The fourth-order valence-corrected chi connectivity index (χ4v) is 5.10. The molecule has 0 spiro atoms. The summed E-state index contributed by atoms with van der Waals surface area (Å²) >= 11 is 0. The van der Waals surface area contributed by atoms with Crippen molar-refractivity contribution >= 4 is 28.8 Å². The Morgan fingerprint density at radius 1 is 0.949 bits per heavy atom. The number of esters is 1. The molecule has 0 aliphatic carbocycles. The second-order valence-electron chi connectivity index (χ2n) is 9.92. The molecule has 5 nitrogen and oxygen atoms in total. The summed E-state index contributed by atoms with van der Waals surface area (Å²) in [5.74, 6) is -0.535. The van der Waals surface area contributed by atoms with Crippen LogP contribution in [0.15, 0.2) is 84.9 Å². The Morgan fingerprint density at radius 3 is 2.31 bits per heavy atom. The molecule has 1 unspecified atom stereocenters. The summed E-state index contributed by atoms with van der Waals surface area (Å²) in [7, 11) is 0. The molecule has 6 heteroatoms. The standard InChI is InChI=1S/C33H37FN2O3/c1-2-22-36(23-10-16-29-15-9-17-32(38)39-29)33(26-18-20-27(34)21-19-26)30(25-11-5-3-6-12-25)24-31(37)35-28-13-7-4-8-14-28/h3-8,11-14,18-21,29H,2,9-10,15-17,22-24H2,1H3,(H,35,37)/b33-30+. The van der Waals surface area contributed by atoms with Crippen molar-refractivity contribution in [3.8, 4) is 0 Å². The first kappa shape index (κ1) is 28.1. The molecule has 0 aromatic heterocycles. The molecule has 1 atom stereocenters. The van der Waals surface area contributed by atoms with Crippen LogP contribution in [0.2, 0.25) is 0 Å². The molecule has 1 aliphatic rings. The van der Waals surface area contributed by atoms with Crippen LogP contribution < -0.4 is 5.32 Å². The lowest BCUT2D eigenvalue weighted by molar-refractivity contribution is -0.154. The topological polar surface area (TPSA) is 58.6 Å². The van der Waals surface area contributed by atoms with Crippen molar-refractivity contribution in [1.29, 1.82) is 0 Å². The lowest BCUT2D eigenvalue weighted by Gasteiger charge is -2.31. The third-order valence-electron chi connectivity index (χ3n) is 6.89. The zero-order valence-corrected chi connectivity index (χ0v) is 22.6. The van der Waals surface area contributed by atoms with Crippen molar-refractivity contribution in [3.63, 3.8) is 0 Å². The van der Waals surface area contributed by atoms with Gasteiger partial charge in [-0.1, -0.05) is 55.5 Å². The molecule has 39 heavy (non-hydrogen) atoms. The molecule has 1 saturated heterocycles. The Morgan fingerprint density at radius 2 is 1.64 bits per heavy atom. The number of halogens is 1. The first-order chi connectivity index (χ1) is 19.0. The second kappa shape index (κ2) is 14.3. The summed E-state index contributed by atoms with van der Waals surface area (Å²) in [6.45, 7) is 3.63. The van der Waals surface area contributed by atoms with E-state index in [1.807, 2.05) is 60.7 Å². The van der Waals surface area contributed by atoms with Gasteiger partial charge >= 0.3 is 5.97 Å². The third kappa shape index (κ3) is 8.28. The monoisotopic (exact) mass is 528 g/mol. The highest BCUT2D eigenvalue weighted by Gasteiger charge is 2.23. The van der Waals surface area contributed by atoms with Gasteiger partial charge in [0.05, 0.1) is 6.42 Å². The number of hydrogen-bond donors (Lipinski definition) is 1. The fourth-order valence-electron chi connectivity index (χ4n) is 5.10. The Bertz CT molecular complexity index is 1240. The van der Waals surface area contributed by atoms with Crippen molar-refractivity contribution < 1.29 is 18.7 Å². The first-order valence-corrected chi connectivity index (χ1v) is 13.9. The number of cyclic esters (lactones) is 1. The van der Waals surface area contributed by atoms with E-state index in [1.165, 1.54) is 12.1 Å². The van der Waals surface area contributed by atoms with E-state index in [1.54, 1.807) is 12.1 Å². The number of amides is 1. The van der Waals surface area contributed by atoms with Crippen molar-refractivity contribution in [2.24, 2.45) is 0 Å². The minimum absolute atomic E-state index is 0.0433. The molecule has 1 aliphatic heterocycles. The van der Waals surface area contributed by atoms with Crippen molar-refractivity contribution in [2.45, 2.75) is 58.0 Å². The maximum Gasteiger partial charge on any atom is 0.306 e. The molecule has 4 rings (SSSR count). The molecular weight excluding hydrogens is 491 g/mol. The fraction of sp³-hybridized carbons (Fsp3) is 0.333. The van der Waals surface area contributed by atoms with E-state index in [4.69, 9.17) is 4.74 Å². The molecule has 1 amide bonds. The summed E-state index contributed by atoms with van der Waals surface area (Å²) in [5, 5.41) is 3.02. The SMILES string of the molecule is CCCN(CCCC1CCCC(=O)O1)/C(=C(\CC(=O)Nc1ccccc1)c1ccccc1)c1ccc(F)cc1. The van der Waals surface area contributed by atoms with Crippen LogP contribution >= 0.6 is 0 Å². The van der Waals surface area contributed by atoms with Gasteiger partial charge in [-0.3, -0.25) is 9.59 Å². The summed E-state index contributed by atoms with van der Waals surface area (Å²) in [4.78, 5) is 27.4. The maximum absolute atomic E-state index is 14.0. The van der Waals surface area contributed by atoms with Crippen LogP contribution in [0.4, 0.5) is 10.1 Å². The first-order valence-electron chi connectivity index (χ1n) is 13.9. The zero-order chi connectivity index (χ0) is 27.5. The summed E-state index contributed by atoms with van der Waals surface area (Å²) in [6, 6.07) is 25.8. The van der Waals surface area contributed by atoms with Gasteiger partial charge in [-0.15, -0.1) is 0 Å². The number of carbonyl (C=O) groups is 2. The number of nitrogens with zero attached hydrogens (tertiary/aromatic N) is 1. The largest absolute Gasteiger partial charge is 0.462 e. The van der Waals surface area contributed by atoms with Crippen LogP contribution in [0.5, 0.6) is 0 Å². The van der Waals surface area contributed by atoms with E-state index in [0.717, 1.165) is 73.3 Å². The van der Waals surface area contributed by atoms with Gasteiger partial charge in [-0.2, -0.15) is 0 Å². The number of anilines is 1. The van der Waals surface area contributed by atoms with Crippen LogP contribution in [0.3, 0.4) is 0 Å². The number of benzene rings is 3. The second-order valence-corrected chi connectivity index (χ2v) is 9.92. The van der Waals surface area contributed by atoms with Crippen LogP contribution in [-0.2, 0) is 14.3 Å². The van der Waals surface area contributed by atoms with Gasteiger partial charge in [-0.05, 0) is 85.2 Å². The molecule has 3 aromatic carbocycles. The lowest BCUT2D eigenvalue weighted by atomic mass is 9.94. The number of ether oxygens (including phenoxy) is 1. The minimum Gasteiger partial charge on any atom is -0.462 e. The smallest absolute Gasteiger partial charge is 0.306 e. The summed E-state index contributed by atoms with van der Waals surface area (Å²) < 4.78 is 19.5. The van der Waals surface area contributed by atoms with Crippen LogP contribution in [-0.4, -0.2) is 36.0 Å². The number of carbonyl (C=O) groups excluding carboxylic acids is 2. The minimum atomic E-state index is -0.303. The van der Waals surface area contributed by atoms with Crippen molar-refractivity contribution in [2.75, 3.05) is 18.4 Å². The van der Waals surface area contributed by atoms with E-state index in [-0.39, 0.29) is 30.2 Å². The van der Waals surface area contributed by atoms with Gasteiger partial charge in [0, 0.05) is 30.9 Å². The molecule has 0 saturated carbocycles. The maximum atomic E-state index is 14.0. The van der Waals surface area contributed by atoms with Gasteiger partial charge in [0.2, 0.25) is 5.91 Å². The Balaban J connectivity index is 1.70. The number of hydrogen-bond acceptors (Lipinski definition) is 4. The highest BCUT2D eigenvalue weighted by Crippen LogP contribution is 2.33. The van der Waals surface area contributed by atoms with Gasteiger partial charge in [0.15, 0.2) is 0 Å². The predicted octanol–water partition coefficient (Wildman–Crippen LogP) is 7.31. The van der Waals surface area contributed by atoms with Gasteiger partial charge in [0.1, 0.15) is 11.9 Å². The van der Waals surface area contributed by atoms with Gasteiger partial charge in [-0.25, -0.2) is 4.39 Å². The number of rotatable bonds is 12. The normalized spacial score (nSPS) is 15.7. The van der Waals surface area contributed by atoms with E-state index in [0.29, 0.717) is 6.42 Å². The molecule has 204 valence electrons. The number of para-hydroxylation sites is 1. The predicted molar refractivity (Wildman–Crippen MR) is 154 cm³/mol. The van der Waals surface area contributed by atoms with E-state index >= 15 is 0 Å². The van der Waals surface area contributed by atoms with E-state index < -0.39 is 0 Å². The average Bonchev–Trinajstić information content (AvgIpc) is 2.95. The van der Waals surface area contributed by atoms with Crippen LogP contribution in [0.1, 0.15) is 63.0 Å². The Hall–Kier alpha value is -3.93. The van der Waals surface area contributed by atoms with Gasteiger partial charge < -0.3 is 15.0 Å². The molecule has 1 N–H and O–H groups in total. The zero-order valence-electron chi connectivity index (χ0n) is 22.6. The number of nitrogens with one attached hydrogen (secondary N) is 1. The molecule has 0 bridgehead atoms. The van der Waals surface area contributed by atoms with Crippen LogP contribution in [0.25, 0.3) is 11.3 Å².